The number of hydrogen-bond donors (Lipinski definition) is 3. The molecule has 2 amide bonds. The molecular formula is C28H26N2O5. The van der Waals surface area contributed by atoms with Gasteiger partial charge < -0.3 is 20.5 Å². The molecule has 0 bridgehead atoms. The molecule has 0 saturated heterocycles. The summed E-state index contributed by atoms with van der Waals surface area (Å²) >= 11 is 0. The van der Waals surface area contributed by atoms with E-state index in [1.807, 2.05) is 24.3 Å². The fourth-order valence-electron chi connectivity index (χ4n) is 4.63. The van der Waals surface area contributed by atoms with Crippen molar-refractivity contribution in [1.82, 2.24) is 5.32 Å². The number of carboxylic acid groups (broad SMARTS) is 1. The Morgan fingerprint density at radius 2 is 1.49 bits per heavy atom. The van der Waals surface area contributed by atoms with Crippen LogP contribution < -0.4 is 10.6 Å². The van der Waals surface area contributed by atoms with Crippen LogP contribution in [0.2, 0.25) is 0 Å². The molecule has 3 N–H and O–H groups in total. The van der Waals surface area contributed by atoms with E-state index >= 15 is 0 Å². The van der Waals surface area contributed by atoms with Crippen LogP contribution in [0.5, 0.6) is 0 Å². The van der Waals surface area contributed by atoms with Gasteiger partial charge in [-0.3, -0.25) is 4.79 Å². The second-order valence-corrected chi connectivity index (χ2v) is 9.07. The van der Waals surface area contributed by atoms with Crippen molar-refractivity contribution < 1.29 is 24.2 Å². The minimum absolute atomic E-state index is 0.0587. The number of carbonyl (C=O) groups excluding carboxylic acids is 2. The summed E-state index contributed by atoms with van der Waals surface area (Å²) in [6, 6.07) is 21.4. The number of amides is 2. The first-order valence-corrected chi connectivity index (χ1v) is 11.8. The number of benzene rings is 3. The average Bonchev–Trinajstić information content (AvgIpc) is 3.63. The van der Waals surface area contributed by atoms with Crippen molar-refractivity contribution in [1.29, 1.82) is 0 Å². The lowest BCUT2D eigenvalue weighted by Crippen LogP contribution is -2.44. The summed E-state index contributed by atoms with van der Waals surface area (Å²) < 4.78 is 5.62. The zero-order valence-electron chi connectivity index (χ0n) is 19.1. The molecule has 1 unspecified atom stereocenters. The van der Waals surface area contributed by atoms with E-state index in [4.69, 9.17) is 9.84 Å². The minimum atomic E-state index is -1.04. The van der Waals surface area contributed by atoms with E-state index in [1.165, 1.54) is 24.3 Å². The predicted molar refractivity (Wildman–Crippen MR) is 131 cm³/mol. The molecule has 3 aromatic rings. The van der Waals surface area contributed by atoms with Crippen LogP contribution in [0.1, 0.15) is 46.7 Å². The molecule has 5 rings (SSSR count). The van der Waals surface area contributed by atoms with Crippen LogP contribution in [0.15, 0.2) is 72.8 Å². The topological polar surface area (TPSA) is 105 Å². The van der Waals surface area contributed by atoms with Crippen molar-refractivity contribution in [3.63, 3.8) is 0 Å². The first-order valence-electron chi connectivity index (χ1n) is 11.8. The number of hydrogen-bond acceptors (Lipinski definition) is 4. The molecule has 2 aliphatic rings. The molecule has 0 aliphatic heterocycles. The molecule has 7 nitrogen and oxygen atoms in total. The normalized spacial score (nSPS) is 15.0. The largest absolute Gasteiger partial charge is 0.478 e. The fraction of sp³-hybridized carbons (Fsp3) is 0.250. The van der Waals surface area contributed by atoms with Gasteiger partial charge in [-0.1, -0.05) is 61.4 Å². The van der Waals surface area contributed by atoms with Gasteiger partial charge in [0, 0.05) is 11.6 Å². The van der Waals surface area contributed by atoms with Crippen LogP contribution in [-0.2, 0) is 9.53 Å². The zero-order valence-corrected chi connectivity index (χ0v) is 19.1. The number of aromatic carboxylic acids is 1. The van der Waals surface area contributed by atoms with Crippen LogP contribution in [0.3, 0.4) is 0 Å². The molecule has 3 aromatic carbocycles. The molecule has 35 heavy (non-hydrogen) atoms. The molecule has 1 atom stereocenters. The van der Waals surface area contributed by atoms with Gasteiger partial charge in [-0.15, -0.1) is 0 Å². The van der Waals surface area contributed by atoms with Gasteiger partial charge in [-0.05, 0) is 58.9 Å². The number of carboxylic acids is 1. The Morgan fingerprint density at radius 3 is 2.06 bits per heavy atom. The van der Waals surface area contributed by atoms with E-state index in [-0.39, 0.29) is 24.0 Å². The number of anilines is 1. The van der Waals surface area contributed by atoms with Gasteiger partial charge in [0.25, 0.3) is 0 Å². The third-order valence-corrected chi connectivity index (χ3v) is 6.62. The molecule has 0 radical (unpaired) electrons. The van der Waals surface area contributed by atoms with Gasteiger partial charge in [0.1, 0.15) is 12.6 Å². The predicted octanol–water partition coefficient (Wildman–Crippen LogP) is 5.03. The maximum Gasteiger partial charge on any atom is 0.407 e. The van der Waals surface area contributed by atoms with Crippen molar-refractivity contribution in [2.24, 2.45) is 5.92 Å². The molecule has 7 heteroatoms. The lowest BCUT2D eigenvalue weighted by Gasteiger charge is -2.20. The molecule has 0 heterocycles. The van der Waals surface area contributed by atoms with Crippen LogP contribution in [0.4, 0.5) is 10.5 Å². The van der Waals surface area contributed by atoms with Gasteiger partial charge >= 0.3 is 12.1 Å². The lowest BCUT2D eigenvalue weighted by molar-refractivity contribution is -0.118. The number of nitrogens with one attached hydrogen (secondary N) is 2. The van der Waals surface area contributed by atoms with Gasteiger partial charge in [0.2, 0.25) is 5.91 Å². The third kappa shape index (κ3) is 5.04. The smallest absolute Gasteiger partial charge is 0.407 e. The minimum Gasteiger partial charge on any atom is -0.478 e. The Balaban J connectivity index is 1.23. The Kier molecular flexibility index (Phi) is 6.23. The summed E-state index contributed by atoms with van der Waals surface area (Å²) in [6.07, 6.45) is 1.96. The van der Waals surface area contributed by atoms with Gasteiger partial charge in [0.05, 0.1) is 5.56 Å². The van der Waals surface area contributed by atoms with Crippen LogP contribution >= 0.6 is 0 Å². The summed E-state index contributed by atoms with van der Waals surface area (Å²) in [6.45, 7) is 0.175. The quantitative estimate of drug-likeness (QED) is 0.428. The third-order valence-electron chi connectivity index (χ3n) is 6.62. The van der Waals surface area contributed by atoms with Crippen molar-refractivity contribution in [3.05, 3.63) is 89.5 Å². The summed E-state index contributed by atoms with van der Waals surface area (Å²) in [5.41, 5.74) is 5.15. The lowest BCUT2D eigenvalue weighted by atomic mass is 9.98. The highest BCUT2D eigenvalue weighted by Crippen LogP contribution is 2.44. The van der Waals surface area contributed by atoms with Crippen LogP contribution in [0.25, 0.3) is 11.1 Å². The number of fused-ring (bicyclic) bond motifs is 3. The Hall–Kier alpha value is -4.13. The Bertz CT molecular complexity index is 1220. The molecule has 1 fully saturated rings. The maximum absolute atomic E-state index is 12.9. The van der Waals surface area contributed by atoms with Crippen molar-refractivity contribution in [2.75, 3.05) is 11.9 Å². The SMILES string of the molecule is O=C(NC(CC1CC1)C(=O)Nc1ccc(C(=O)O)cc1)OCC1c2ccccc2-c2ccccc21. The zero-order chi connectivity index (χ0) is 24.4. The number of ether oxygens (including phenoxy) is 1. The molecule has 178 valence electrons. The van der Waals surface area contributed by atoms with E-state index in [0.29, 0.717) is 18.0 Å². The molecule has 0 spiro atoms. The van der Waals surface area contributed by atoms with Crippen molar-refractivity contribution >= 4 is 23.7 Å². The maximum atomic E-state index is 12.9. The monoisotopic (exact) mass is 470 g/mol. The van der Waals surface area contributed by atoms with Crippen molar-refractivity contribution in [3.8, 4) is 11.1 Å². The highest BCUT2D eigenvalue weighted by atomic mass is 16.5. The van der Waals surface area contributed by atoms with E-state index in [1.54, 1.807) is 0 Å². The van der Waals surface area contributed by atoms with Crippen LogP contribution in [-0.4, -0.2) is 35.7 Å². The van der Waals surface area contributed by atoms with E-state index in [2.05, 4.69) is 34.9 Å². The first-order chi connectivity index (χ1) is 17.0. The average molecular weight is 471 g/mol. The number of carbonyl (C=O) groups is 3. The highest BCUT2D eigenvalue weighted by molar-refractivity contribution is 5.97. The summed E-state index contributed by atoms with van der Waals surface area (Å²) in [7, 11) is 0. The molecule has 2 aliphatic carbocycles. The summed E-state index contributed by atoms with van der Waals surface area (Å²) in [4.78, 5) is 36.7. The summed E-state index contributed by atoms with van der Waals surface area (Å²) in [5, 5.41) is 14.6. The Labute approximate surface area is 203 Å². The highest BCUT2D eigenvalue weighted by Gasteiger charge is 2.32. The van der Waals surface area contributed by atoms with E-state index in [0.717, 1.165) is 35.1 Å². The molecule has 0 aromatic heterocycles. The second kappa shape index (κ2) is 9.62. The van der Waals surface area contributed by atoms with Crippen LogP contribution in [0, 0.1) is 5.92 Å². The van der Waals surface area contributed by atoms with Gasteiger partial charge in [-0.2, -0.15) is 0 Å². The number of rotatable bonds is 8. The Morgan fingerprint density at radius 1 is 0.886 bits per heavy atom. The number of alkyl carbamates (subject to hydrolysis) is 1. The van der Waals surface area contributed by atoms with Gasteiger partial charge in [0.15, 0.2) is 0 Å². The second-order valence-electron chi connectivity index (χ2n) is 9.07. The molecule has 1 saturated carbocycles. The van der Waals surface area contributed by atoms with E-state index < -0.39 is 18.1 Å². The first kappa shape index (κ1) is 22.7. The summed E-state index contributed by atoms with van der Waals surface area (Å²) in [5.74, 6) is -1.05. The molecular weight excluding hydrogens is 444 g/mol. The van der Waals surface area contributed by atoms with Gasteiger partial charge in [-0.25, -0.2) is 9.59 Å². The van der Waals surface area contributed by atoms with Crippen molar-refractivity contribution in [2.45, 2.75) is 31.2 Å². The standard InChI is InChI=1S/C28H26N2O5/c31-26(29-19-13-11-18(12-14-19)27(32)33)25(15-17-9-10-17)30-28(34)35-16-24-22-7-3-1-5-20(22)21-6-2-4-8-23(21)24/h1-8,11-14,17,24-25H,9-10,15-16H2,(H,29,31)(H,30,34)(H,32,33). The fourth-order valence-corrected chi connectivity index (χ4v) is 4.63. The van der Waals surface area contributed by atoms with E-state index in [9.17, 15) is 14.4 Å².